The highest BCUT2D eigenvalue weighted by atomic mass is 16.5. The van der Waals surface area contributed by atoms with Gasteiger partial charge < -0.3 is 9.84 Å². The molecule has 0 aliphatic carbocycles. The normalized spacial score (nSPS) is 16.2. The van der Waals surface area contributed by atoms with Crippen LogP contribution in [0.25, 0.3) is 0 Å². The Balaban J connectivity index is 2.48. The summed E-state index contributed by atoms with van der Waals surface area (Å²) in [5, 5.41) is 8.21. The SMILES string of the molecule is O=C(O)N1C=COC1. The summed E-state index contributed by atoms with van der Waals surface area (Å²) < 4.78 is 4.58. The number of amides is 1. The van der Waals surface area contributed by atoms with E-state index in [0.29, 0.717) is 0 Å². The van der Waals surface area contributed by atoms with Gasteiger partial charge in [-0.1, -0.05) is 0 Å². The van der Waals surface area contributed by atoms with Gasteiger partial charge in [-0.15, -0.1) is 0 Å². The van der Waals surface area contributed by atoms with Crippen molar-refractivity contribution < 1.29 is 14.6 Å². The standard InChI is InChI=1S/C4H5NO3/c6-4(7)5-1-2-8-3-5/h1-2H,3H2,(H,6,7). The van der Waals surface area contributed by atoms with Crippen molar-refractivity contribution in [3.05, 3.63) is 12.5 Å². The van der Waals surface area contributed by atoms with Crippen molar-refractivity contribution in [3.63, 3.8) is 0 Å². The zero-order valence-corrected chi connectivity index (χ0v) is 4.07. The van der Waals surface area contributed by atoms with Gasteiger partial charge in [0.05, 0.1) is 0 Å². The highest BCUT2D eigenvalue weighted by Gasteiger charge is 2.10. The number of carbonyl (C=O) groups is 1. The van der Waals surface area contributed by atoms with Crippen molar-refractivity contribution in [1.29, 1.82) is 0 Å². The molecule has 0 saturated heterocycles. The van der Waals surface area contributed by atoms with Gasteiger partial charge in [-0.2, -0.15) is 0 Å². The average molecular weight is 115 g/mol. The molecular weight excluding hydrogens is 110 g/mol. The second kappa shape index (κ2) is 1.73. The van der Waals surface area contributed by atoms with Gasteiger partial charge in [-0.05, 0) is 0 Å². The number of rotatable bonds is 0. The summed E-state index contributed by atoms with van der Waals surface area (Å²) in [4.78, 5) is 11.0. The Hall–Kier alpha value is -1.19. The van der Waals surface area contributed by atoms with E-state index < -0.39 is 6.09 Å². The van der Waals surface area contributed by atoms with Gasteiger partial charge in [0.1, 0.15) is 6.26 Å². The van der Waals surface area contributed by atoms with Crippen LogP contribution < -0.4 is 0 Å². The molecule has 0 aromatic rings. The Labute approximate surface area is 46.0 Å². The minimum atomic E-state index is -0.987. The fourth-order valence-electron chi connectivity index (χ4n) is 0.402. The van der Waals surface area contributed by atoms with Gasteiger partial charge in [0.15, 0.2) is 6.73 Å². The highest BCUT2D eigenvalue weighted by Crippen LogP contribution is 1.99. The van der Waals surface area contributed by atoms with Crippen molar-refractivity contribution in [3.8, 4) is 0 Å². The molecule has 1 N–H and O–H groups in total. The maximum Gasteiger partial charge on any atom is 0.414 e. The Kier molecular flexibility index (Phi) is 1.07. The molecule has 0 aromatic carbocycles. The Bertz CT molecular complexity index is 131. The molecule has 1 heterocycles. The summed E-state index contributed by atoms with van der Waals surface area (Å²) in [6, 6.07) is 0. The van der Waals surface area contributed by atoms with Crippen LogP contribution in [0, 0.1) is 0 Å². The lowest BCUT2D eigenvalue weighted by Crippen LogP contribution is -2.21. The van der Waals surface area contributed by atoms with Gasteiger partial charge in [0.25, 0.3) is 0 Å². The second-order valence-corrected chi connectivity index (χ2v) is 1.33. The largest absolute Gasteiger partial charge is 0.479 e. The summed E-state index contributed by atoms with van der Waals surface area (Å²) in [7, 11) is 0. The first-order valence-corrected chi connectivity index (χ1v) is 2.08. The highest BCUT2D eigenvalue weighted by molar-refractivity contribution is 5.66. The molecule has 1 rings (SSSR count). The van der Waals surface area contributed by atoms with Gasteiger partial charge in [0.2, 0.25) is 0 Å². The van der Waals surface area contributed by atoms with E-state index >= 15 is 0 Å². The molecule has 0 fully saturated rings. The molecule has 1 aliphatic rings. The van der Waals surface area contributed by atoms with Crippen molar-refractivity contribution in [2.75, 3.05) is 6.73 Å². The molecule has 1 amide bonds. The zero-order chi connectivity index (χ0) is 5.98. The molecule has 0 saturated carbocycles. The van der Waals surface area contributed by atoms with E-state index in [0.717, 1.165) is 4.90 Å². The van der Waals surface area contributed by atoms with Crippen molar-refractivity contribution in [2.24, 2.45) is 0 Å². The van der Waals surface area contributed by atoms with Crippen molar-refractivity contribution in [1.82, 2.24) is 4.90 Å². The molecular formula is C4H5NO3. The van der Waals surface area contributed by atoms with Crippen LogP contribution in [0.3, 0.4) is 0 Å². The van der Waals surface area contributed by atoms with Crippen LogP contribution in [0.1, 0.15) is 0 Å². The van der Waals surface area contributed by atoms with Gasteiger partial charge >= 0.3 is 6.09 Å². The van der Waals surface area contributed by atoms with Crippen molar-refractivity contribution in [2.45, 2.75) is 0 Å². The first kappa shape index (κ1) is 4.96. The number of ether oxygens (including phenoxy) is 1. The fraction of sp³-hybridized carbons (Fsp3) is 0.250. The Morgan fingerprint density at radius 3 is 2.88 bits per heavy atom. The maximum absolute atomic E-state index is 10.00. The first-order valence-electron chi connectivity index (χ1n) is 2.08. The first-order chi connectivity index (χ1) is 3.80. The fourth-order valence-corrected chi connectivity index (χ4v) is 0.402. The van der Waals surface area contributed by atoms with Crippen LogP contribution in [-0.4, -0.2) is 22.8 Å². The molecule has 0 bridgehead atoms. The third-order valence-electron chi connectivity index (χ3n) is 0.796. The topological polar surface area (TPSA) is 49.8 Å². The molecule has 0 radical (unpaired) electrons. The summed E-state index contributed by atoms with van der Waals surface area (Å²) in [6.07, 6.45) is 1.72. The van der Waals surface area contributed by atoms with E-state index in [1.165, 1.54) is 12.5 Å². The van der Waals surface area contributed by atoms with Gasteiger partial charge in [0, 0.05) is 6.20 Å². The molecule has 4 heteroatoms. The van der Waals surface area contributed by atoms with Gasteiger partial charge in [-0.3, -0.25) is 0 Å². The van der Waals surface area contributed by atoms with Crippen LogP contribution in [0.4, 0.5) is 4.79 Å². The lowest BCUT2D eigenvalue weighted by Gasteiger charge is -2.03. The minimum Gasteiger partial charge on any atom is -0.479 e. The summed E-state index contributed by atoms with van der Waals surface area (Å²) >= 11 is 0. The lowest BCUT2D eigenvalue weighted by atomic mass is 10.8. The lowest BCUT2D eigenvalue weighted by molar-refractivity contribution is 0.128. The molecule has 4 nitrogen and oxygen atoms in total. The predicted octanol–water partition coefficient (Wildman–Crippen LogP) is 0.425. The average Bonchev–Trinajstić information content (AvgIpc) is 2.12. The van der Waals surface area contributed by atoms with Gasteiger partial charge in [-0.25, -0.2) is 9.69 Å². The minimum absolute atomic E-state index is 0.120. The van der Waals surface area contributed by atoms with Crippen LogP contribution in [0.2, 0.25) is 0 Å². The van der Waals surface area contributed by atoms with E-state index in [-0.39, 0.29) is 6.73 Å². The molecule has 44 valence electrons. The van der Waals surface area contributed by atoms with Crippen LogP contribution in [0.5, 0.6) is 0 Å². The van der Waals surface area contributed by atoms with Crippen molar-refractivity contribution >= 4 is 6.09 Å². The Morgan fingerprint density at radius 1 is 1.88 bits per heavy atom. The smallest absolute Gasteiger partial charge is 0.414 e. The number of hydrogen-bond acceptors (Lipinski definition) is 2. The third kappa shape index (κ3) is 0.726. The molecule has 0 spiro atoms. The number of carboxylic acid groups (broad SMARTS) is 1. The van der Waals surface area contributed by atoms with E-state index in [1.54, 1.807) is 0 Å². The summed E-state index contributed by atoms with van der Waals surface area (Å²) in [5.74, 6) is 0. The van der Waals surface area contributed by atoms with E-state index in [1.807, 2.05) is 0 Å². The molecule has 0 atom stereocenters. The molecule has 1 aliphatic heterocycles. The zero-order valence-electron chi connectivity index (χ0n) is 4.07. The summed E-state index contributed by atoms with van der Waals surface area (Å²) in [6.45, 7) is 0.120. The van der Waals surface area contributed by atoms with E-state index in [2.05, 4.69) is 4.74 Å². The molecule has 8 heavy (non-hydrogen) atoms. The van der Waals surface area contributed by atoms with E-state index in [4.69, 9.17) is 5.11 Å². The van der Waals surface area contributed by atoms with Crippen LogP contribution in [-0.2, 0) is 4.74 Å². The molecule has 0 unspecified atom stereocenters. The molecule has 0 aromatic heterocycles. The second-order valence-electron chi connectivity index (χ2n) is 1.33. The Morgan fingerprint density at radius 2 is 2.62 bits per heavy atom. The summed E-state index contributed by atoms with van der Waals surface area (Å²) in [5.41, 5.74) is 0. The predicted molar refractivity (Wildman–Crippen MR) is 25.0 cm³/mol. The van der Waals surface area contributed by atoms with Crippen LogP contribution >= 0.6 is 0 Å². The number of nitrogens with zero attached hydrogens (tertiary/aromatic N) is 1. The quantitative estimate of drug-likeness (QED) is 0.498. The van der Waals surface area contributed by atoms with Crippen LogP contribution in [0.15, 0.2) is 12.5 Å². The monoisotopic (exact) mass is 115 g/mol. The maximum atomic E-state index is 10.00. The number of hydrogen-bond donors (Lipinski definition) is 1. The van der Waals surface area contributed by atoms with E-state index in [9.17, 15) is 4.79 Å². The third-order valence-corrected chi connectivity index (χ3v) is 0.796.